The maximum absolute atomic E-state index is 11.4. The van der Waals surface area contributed by atoms with E-state index in [1.165, 1.54) is 36.5 Å². The number of aliphatic imine (C=N–C) groups is 1. The lowest BCUT2D eigenvalue weighted by Crippen LogP contribution is -2.07. The third kappa shape index (κ3) is 4.04. The number of carboxylic acid groups (broad SMARTS) is 2. The van der Waals surface area contributed by atoms with E-state index in [1.54, 1.807) is 6.07 Å². The van der Waals surface area contributed by atoms with E-state index in [4.69, 9.17) is 10.4 Å². The molecule has 0 aliphatic heterocycles. The second kappa shape index (κ2) is 7.63. The molecular formula is C18H12N4O4. The molecule has 2 aromatic heterocycles. The summed E-state index contributed by atoms with van der Waals surface area (Å²) < 4.78 is 0. The fourth-order valence-electron chi connectivity index (χ4n) is 2.00. The number of rotatable bonds is 6. The highest BCUT2D eigenvalue weighted by Crippen LogP contribution is 2.19. The van der Waals surface area contributed by atoms with Crippen LogP contribution in [0.5, 0.6) is 0 Å². The van der Waals surface area contributed by atoms with Gasteiger partial charge in [-0.05, 0) is 30.3 Å². The number of hydrogen-bond donors (Lipinski definition) is 2. The second-order valence-corrected chi connectivity index (χ2v) is 4.93. The van der Waals surface area contributed by atoms with Crippen molar-refractivity contribution in [3.05, 3.63) is 72.2 Å². The summed E-state index contributed by atoms with van der Waals surface area (Å²) in [5.74, 6) is -2.37. The lowest BCUT2D eigenvalue weighted by molar-refractivity contribution is 0.0685. The Morgan fingerprint density at radius 2 is 1.81 bits per heavy atom. The van der Waals surface area contributed by atoms with Gasteiger partial charge in [0.15, 0.2) is 0 Å². The summed E-state index contributed by atoms with van der Waals surface area (Å²) in [6.07, 6.45) is 2.59. The molecule has 0 fully saturated rings. The quantitative estimate of drug-likeness (QED) is 0.604. The summed E-state index contributed by atoms with van der Waals surface area (Å²) in [6.45, 7) is 7.01. The number of aromatic nitrogens is 2. The van der Waals surface area contributed by atoms with Gasteiger partial charge in [-0.3, -0.25) is 4.98 Å². The van der Waals surface area contributed by atoms with Crippen molar-refractivity contribution < 1.29 is 19.8 Å². The Balaban J connectivity index is 2.69. The molecular weight excluding hydrogens is 336 g/mol. The van der Waals surface area contributed by atoms with Gasteiger partial charge in [-0.15, -0.1) is 0 Å². The molecule has 0 radical (unpaired) electrons. The molecule has 2 heterocycles. The number of carboxylic acids is 2. The SMILES string of the molecule is C=CC(=NC(=C)C#N)c1cc(C(=O)O)cc(-c2cc(C(=O)O)ccn2)n1. The van der Waals surface area contributed by atoms with E-state index in [2.05, 4.69) is 28.1 Å². The average molecular weight is 348 g/mol. The summed E-state index contributed by atoms with van der Waals surface area (Å²) in [7, 11) is 0. The van der Waals surface area contributed by atoms with E-state index in [0.717, 1.165) is 0 Å². The monoisotopic (exact) mass is 348 g/mol. The maximum atomic E-state index is 11.4. The number of carbonyl (C=O) groups is 2. The van der Waals surface area contributed by atoms with Gasteiger partial charge in [0.2, 0.25) is 0 Å². The summed E-state index contributed by atoms with van der Waals surface area (Å²) >= 11 is 0. The van der Waals surface area contributed by atoms with E-state index in [9.17, 15) is 14.7 Å². The summed E-state index contributed by atoms with van der Waals surface area (Å²) in [5.41, 5.74) is 0.371. The smallest absolute Gasteiger partial charge is 0.335 e. The first-order valence-electron chi connectivity index (χ1n) is 7.11. The van der Waals surface area contributed by atoms with Crippen LogP contribution in [0.15, 0.2) is 60.4 Å². The Bertz CT molecular complexity index is 1000. The molecule has 26 heavy (non-hydrogen) atoms. The highest BCUT2D eigenvalue weighted by molar-refractivity contribution is 6.09. The normalized spacial score (nSPS) is 10.7. The third-order valence-electron chi connectivity index (χ3n) is 3.18. The fourth-order valence-corrected chi connectivity index (χ4v) is 2.00. The van der Waals surface area contributed by atoms with Crippen molar-refractivity contribution in [2.24, 2.45) is 4.99 Å². The van der Waals surface area contributed by atoms with Crippen molar-refractivity contribution in [1.82, 2.24) is 9.97 Å². The van der Waals surface area contributed by atoms with Crippen LogP contribution in [0.4, 0.5) is 0 Å². The summed E-state index contributed by atoms with van der Waals surface area (Å²) in [5, 5.41) is 27.2. The molecule has 0 unspecified atom stereocenters. The van der Waals surface area contributed by atoms with Gasteiger partial charge in [0.1, 0.15) is 11.8 Å². The van der Waals surface area contributed by atoms with E-state index in [-0.39, 0.29) is 39.6 Å². The molecule has 0 amide bonds. The van der Waals surface area contributed by atoms with Gasteiger partial charge < -0.3 is 10.2 Å². The maximum Gasteiger partial charge on any atom is 0.335 e. The molecule has 0 aromatic carbocycles. The lowest BCUT2D eigenvalue weighted by Gasteiger charge is -2.07. The lowest BCUT2D eigenvalue weighted by atomic mass is 10.1. The first kappa shape index (κ1) is 18.2. The zero-order chi connectivity index (χ0) is 19.3. The van der Waals surface area contributed by atoms with Gasteiger partial charge in [-0.25, -0.2) is 19.6 Å². The number of allylic oxidation sites excluding steroid dienone is 2. The molecule has 2 aromatic rings. The van der Waals surface area contributed by atoms with Gasteiger partial charge in [-0.1, -0.05) is 13.2 Å². The first-order valence-corrected chi connectivity index (χ1v) is 7.11. The van der Waals surface area contributed by atoms with Crippen LogP contribution in [0.1, 0.15) is 26.4 Å². The Hall–Kier alpha value is -4.12. The molecule has 0 aliphatic carbocycles. The van der Waals surface area contributed by atoms with Crippen LogP contribution >= 0.6 is 0 Å². The largest absolute Gasteiger partial charge is 0.478 e. The van der Waals surface area contributed by atoms with E-state index < -0.39 is 11.9 Å². The van der Waals surface area contributed by atoms with Crippen molar-refractivity contribution in [2.45, 2.75) is 0 Å². The molecule has 8 heteroatoms. The second-order valence-electron chi connectivity index (χ2n) is 4.93. The summed E-state index contributed by atoms with van der Waals surface area (Å²) in [4.78, 5) is 34.8. The van der Waals surface area contributed by atoms with Crippen LogP contribution < -0.4 is 0 Å². The standard InChI is InChI=1S/C18H12N4O4/c1-3-13(21-10(2)9-19)15-7-12(18(25)26)8-16(22-15)14-6-11(17(23)24)4-5-20-14/h3-8H,1-2H2,(H,23,24)(H,25,26). The van der Waals surface area contributed by atoms with Crippen molar-refractivity contribution in [3.63, 3.8) is 0 Å². The Morgan fingerprint density at radius 3 is 2.38 bits per heavy atom. The molecule has 0 saturated carbocycles. The molecule has 128 valence electrons. The van der Waals surface area contributed by atoms with Crippen LogP contribution in [-0.2, 0) is 0 Å². The van der Waals surface area contributed by atoms with E-state index in [1.807, 2.05) is 0 Å². The molecule has 0 atom stereocenters. The highest BCUT2D eigenvalue weighted by Gasteiger charge is 2.14. The van der Waals surface area contributed by atoms with Crippen molar-refractivity contribution in [2.75, 3.05) is 0 Å². The topological polar surface area (TPSA) is 137 Å². The van der Waals surface area contributed by atoms with Crippen LogP contribution in [0.2, 0.25) is 0 Å². The Morgan fingerprint density at radius 1 is 1.15 bits per heavy atom. The van der Waals surface area contributed by atoms with Crippen LogP contribution in [0.3, 0.4) is 0 Å². The van der Waals surface area contributed by atoms with Gasteiger partial charge in [-0.2, -0.15) is 5.26 Å². The van der Waals surface area contributed by atoms with Gasteiger partial charge >= 0.3 is 11.9 Å². The molecule has 2 N–H and O–H groups in total. The predicted octanol–water partition coefficient (Wildman–Crippen LogP) is 2.55. The van der Waals surface area contributed by atoms with Crippen molar-refractivity contribution in [3.8, 4) is 17.5 Å². The number of hydrogen-bond acceptors (Lipinski definition) is 6. The average Bonchev–Trinajstić information content (AvgIpc) is 2.65. The zero-order valence-electron chi connectivity index (χ0n) is 13.4. The van der Waals surface area contributed by atoms with Crippen LogP contribution in [-0.4, -0.2) is 37.8 Å². The zero-order valence-corrected chi connectivity index (χ0v) is 13.4. The molecule has 0 saturated heterocycles. The Kier molecular flexibility index (Phi) is 5.35. The number of nitrogens with zero attached hydrogens (tertiary/aromatic N) is 4. The summed E-state index contributed by atoms with van der Waals surface area (Å²) in [6, 6.07) is 6.86. The van der Waals surface area contributed by atoms with Crippen LogP contribution in [0, 0.1) is 11.3 Å². The van der Waals surface area contributed by atoms with Gasteiger partial charge in [0, 0.05) is 6.20 Å². The number of aromatic carboxylic acids is 2. The minimum absolute atomic E-state index is 0.0189. The number of nitriles is 1. The van der Waals surface area contributed by atoms with E-state index >= 15 is 0 Å². The third-order valence-corrected chi connectivity index (χ3v) is 3.18. The minimum atomic E-state index is -1.22. The molecule has 0 aliphatic rings. The Labute approximate surface area is 148 Å². The first-order chi connectivity index (χ1) is 12.3. The fraction of sp³-hybridized carbons (Fsp3) is 0. The molecule has 8 nitrogen and oxygen atoms in total. The van der Waals surface area contributed by atoms with Crippen molar-refractivity contribution in [1.29, 1.82) is 5.26 Å². The molecule has 2 rings (SSSR count). The van der Waals surface area contributed by atoms with Crippen LogP contribution in [0.25, 0.3) is 11.4 Å². The van der Waals surface area contributed by atoms with Gasteiger partial charge in [0.25, 0.3) is 0 Å². The molecule has 0 bridgehead atoms. The molecule has 0 spiro atoms. The predicted molar refractivity (Wildman–Crippen MR) is 92.9 cm³/mol. The van der Waals surface area contributed by atoms with Gasteiger partial charge in [0.05, 0.1) is 33.9 Å². The number of pyridine rings is 2. The van der Waals surface area contributed by atoms with Crippen molar-refractivity contribution >= 4 is 17.7 Å². The highest BCUT2D eigenvalue weighted by atomic mass is 16.4. The van der Waals surface area contributed by atoms with E-state index in [0.29, 0.717) is 0 Å². The minimum Gasteiger partial charge on any atom is -0.478 e.